The number of urea groups is 1. The highest BCUT2D eigenvalue weighted by Crippen LogP contribution is 2.28. The fraction of sp³-hybridized carbons (Fsp3) is 0.167. The number of rotatable bonds is 2. The highest BCUT2D eigenvalue weighted by atomic mass is 35.5. The van der Waals surface area contributed by atoms with Crippen LogP contribution in [0.3, 0.4) is 0 Å². The van der Waals surface area contributed by atoms with E-state index in [1.165, 1.54) is 0 Å². The largest absolute Gasteiger partial charge is 0.478 e. The molecule has 1 atom stereocenters. The number of hydrogen-bond donors (Lipinski definition) is 3. The fourth-order valence-electron chi connectivity index (χ4n) is 1.91. The number of carbonyl (C=O) groups is 2. The van der Waals surface area contributed by atoms with Gasteiger partial charge in [0.05, 0.1) is 11.6 Å². The summed E-state index contributed by atoms with van der Waals surface area (Å²) in [7, 11) is 0. The zero-order chi connectivity index (χ0) is 13.3. The van der Waals surface area contributed by atoms with E-state index >= 15 is 0 Å². The first kappa shape index (κ1) is 12.4. The van der Waals surface area contributed by atoms with E-state index in [0.29, 0.717) is 16.3 Å². The van der Waals surface area contributed by atoms with Gasteiger partial charge in [-0.2, -0.15) is 0 Å². The number of aliphatic carboxylic acids is 1. The molecule has 1 heterocycles. The summed E-state index contributed by atoms with van der Waals surface area (Å²) in [5.41, 5.74) is 1.07. The Morgan fingerprint density at radius 1 is 1.44 bits per heavy atom. The predicted molar refractivity (Wildman–Crippen MR) is 66.2 cm³/mol. The van der Waals surface area contributed by atoms with E-state index in [2.05, 4.69) is 10.6 Å². The van der Waals surface area contributed by atoms with E-state index in [1.54, 1.807) is 31.2 Å². The van der Waals surface area contributed by atoms with Crippen molar-refractivity contribution in [1.29, 1.82) is 0 Å². The molecule has 6 heteroatoms. The Hall–Kier alpha value is -2.01. The lowest BCUT2D eigenvalue weighted by Crippen LogP contribution is -2.45. The van der Waals surface area contributed by atoms with Gasteiger partial charge in [0.1, 0.15) is 0 Å². The summed E-state index contributed by atoms with van der Waals surface area (Å²) in [5.74, 6) is -1.08. The number of benzene rings is 1. The normalized spacial score (nSPS) is 19.2. The van der Waals surface area contributed by atoms with E-state index in [9.17, 15) is 14.7 Å². The first-order valence-corrected chi connectivity index (χ1v) is 5.64. The van der Waals surface area contributed by atoms with Gasteiger partial charge in [0.15, 0.2) is 0 Å². The molecule has 3 N–H and O–H groups in total. The highest BCUT2D eigenvalue weighted by molar-refractivity contribution is 6.30. The number of nitrogens with one attached hydrogen (secondary N) is 2. The zero-order valence-corrected chi connectivity index (χ0v) is 10.3. The molecule has 0 saturated carbocycles. The van der Waals surface area contributed by atoms with E-state index in [1.807, 2.05) is 0 Å². The summed E-state index contributed by atoms with van der Waals surface area (Å²) < 4.78 is 0. The van der Waals surface area contributed by atoms with Crippen LogP contribution in [0.5, 0.6) is 0 Å². The first-order chi connectivity index (χ1) is 8.49. The summed E-state index contributed by atoms with van der Waals surface area (Å²) in [6.45, 7) is 1.56. The molecular weight excluding hydrogens is 256 g/mol. The minimum absolute atomic E-state index is 0.108. The van der Waals surface area contributed by atoms with Crippen molar-refractivity contribution in [1.82, 2.24) is 10.6 Å². The molecule has 2 rings (SSSR count). The van der Waals surface area contributed by atoms with Crippen LogP contribution in [0.2, 0.25) is 5.02 Å². The molecule has 0 bridgehead atoms. The Labute approximate surface area is 108 Å². The Bertz CT molecular complexity index is 554. The molecule has 0 aliphatic carbocycles. The van der Waals surface area contributed by atoms with Gasteiger partial charge in [-0.05, 0) is 24.6 Å². The molecule has 2 amide bonds. The average molecular weight is 267 g/mol. The van der Waals surface area contributed by atoms with Crippen LogP contribution in [0.4, 0.5) is 4.79 Å². The standard InChI is InChI=1S/C12H11ClN2O3/c1-6-9(11(16)17)10(15-12(18)14-6)7-3-2-4-8(13)5-7/h2-5,10H,1H3,(H,16,17)(H2,14,15,18)/t10-/m1/s1. The van der Waals surface area contributed by atoms with Gasteiger partial charge < -0.3 is 15.7 Å². The Balaban J connectivity index is 2.50. The van der Waals surface area contributed by atoms with Crippen LogP contribution in [0.25, 0.3) is 0 Å². The predicted octanol–water partition coefficient (Wildman–Crippen LogP) is 2.05. The molecule has 0 radical (unpaired) electrons. The van der Waals surface area contributed by atoms with Crippen LogP contribution < -0.4 is 10.6 Å². The number of hydrogen-bond acceptors (Lipinski definition) is 2. The molecule has 0 spiro atoms. The van der Waals surface area contributed by atoms with Crippen molar-refractivity contribution in [2.45, 2.75) is 13.0 Å². The third-order valence-corrected chi connectivity index (χ3v) is 2.92. The van der Waals surface area contributed by atoms with Crippen molar-refractivity contribution in [2.24, 2.45) is 0 Å². The summed E-state index contributed by atoms with van der Waals surface area (Å²) in [4.78, 5) is 22.7. The lowest BCUT2D eigenvalue weighted by Gasteiger charge is -2.27. The Morgan fingerprint density at radius 2 is 2.17 bits per heavy atom. The number of carboxylic acids is 1. The second kappa shape index (κ2) is 4.70. The van der Waals surface area contributed by atoms with Crippen molar-refractivity contribution < 1.29 is 14.7 Å². The Morgan fingerprint density at radius 3 is 2.78 bits per heavy atom. The van der Waals surface area contributed by atoms with Gasteiger partial charge >= 0.3 is 12.0 Å². The minimum atomic E-state index is -1.08. The average Bonchev–Trinajstić information content (AvgIpc) is 2.27. The first-order valence-electron chi connectivity index (χ1n) is 5.26. The van der Waals surface area contributed by atoms with E-state index in [-0.39, 0.29) is 5.57 Å². The van der Waals surface area contributed by atoms with Crippen molar-refractivity contribution in [3.63, 3.8) is 0 Å². The van der Waals surface area contributed by atoms with Gasteiger partial charge in [0.2, 0.25) is 0 Å². The monoisotopic (exact) mass is 266 g/mol. The third kappa shape index (κ3) is 2.31. The number of allylic oxidation sites excluding steroid dienone is 1. The van der Waals surface area contributed by atoms with Crippen molar-refractivity contribution in [3.05, 3.63) is 46.1 Å². The van der Waals surface area contributed by atoms with Gasteiger partial charge in [-0.3, -0.25) is 0 Å². The molecule has 0 unspecified atom stereocenters. The number of halogens is 1. The molecule has 1 aromatic rings. The molecule has 5 nitrogen and oxygen atoms in total. The van der Waals surface area contributed by atoms with Gasteiger partial charge in [-0.15, -0.1) is 0 Å². The van der Waals surface area contributed by atoms with Crippen LogP contribution >= 0.6 is 11.6 Å². The lowest BCUT2D eigenvalue weighted by atomic mass is 9.96. The molecule has 1 aliphatic rings. The molecule has 0 fully saturated rings. The van der Waals surface area contributed by atoms with E-state index in [4.69, 9.17) is 11.6 Å². The number of amides is 2. The molecule has 0 saturated heterocycles. The third-order valence-electron chi connectivity index (χ3n) is 2.68. The van der Waals surface area contributed by atoms with E-state index in [0.717, 1.165) is 0 Å². The van der Waals surface area contributed by atoms with Gasteiger partial charge in [0, 0.05) is 10.7 Å². The second-order valence-corrected chi connectivity index (χ2v) is 4.37. The smallest absolute Gasteiger partial charge is 0.335 e. The minimum Gasteiger partial charge on any atom is -0.478 e. The fourth-order valence-corrected chi connectivity index (χ4v) is 2.11. The molecule has 18 heavy (non-hydrogen) atoms. The van der Waals surface area contributed by atoms with Crippen LogP contribution in [-0.4, -0.2) is 17.1 Å². The summed E-state index contributed by atoms with van der Waals surface area (Å²) >= 11 is 5.87. The summed E-state index contributed by atoms with van der Waals surface area (Å²) in [6, 6.07) is 5.62. The van der Waals surface area contributed by atoms with Crippen LogP contribution in [0.1, 0.15) is 18.5 Å². The molecule has 1 aromatic carbocycles. The van der Waals surface area contributed by atoms with Crippen LogP contribution in [0, 0.1) is 0 Å². The van der Waals surface area contributed by atoms with Gasteiger partial charge in [0.25, 0.3) is 0 Å². The zero-order valence-electron chi connectivity index (χ0n) is 9.53. The van der Waals surface area contributed by atoms with Gasteiger partial charge in [-0.25, -0.2) is 9.59 Å². The summed E-state index contributed by atoms with van der Waals surface area (Å²) in [5, 5.41) is 14.7. The molecule has 94 valence electrons. The quantitative estimate of drug-likeness (QED) is 0.767. The molecular formula is C12H11ClN2O3. The SMILES string of the molecule is CC1=C(C(=O)O)[C@@H](c2cccc(Cl)c2)NC(=O)N1. The second-order valence-electron chi connectivity index (χ2n) is 3.93. The number of carbonyl (C=O) groups excluding carboxylic acids is 1. The summed E-state index contributed by atoms with van der Waals surface area (Å²) in [6.07, 6.45) is 0. The maximum absolute atomic E-state index is 11.4. The highest BCUT2D eigenvalue weighted by Gasteiger charge is 2.30. The maximum atomic E-state index is 11.4. The molecule has 1 aliphatic heterocycles. The number of carboxylic acid groups (broad SMARTS) is 1. The van der Waals surface area contributed by atoms with E-state index < -0.39 is 18.0 Å². The van der Waals surface area contributed by atoms with Crippen molar-refractivity contribution in [2.75, 3.05) is 0 Å². The Kier molecular flexibility index (Phi) is 3.25. The lowest BCUT2D eigenvalue weighted by molar-refractivity contribution is -0.133. The maximum Gasteiger partial charge on any atom is 0.335 e. The molecule has 0 aromatic heterocycles. The topological polar surface area (TPSA) is 78.4 Å². The van der Waals surface area contributed by atoms with Crippen molar-refractivity contribution >= 4 is 23.6 Å². The van der Waals surface area contributed by atoms with Crippen LogP contribution in [-0.2, 0) is 4.79 Å². The van der Waals surface area contributed by atoms with Gasteiger partial charge in [-0.1, -0.05) is 23.7 Å². The van der Waals surface area contributed by atoms with Crippen LogP contribution in [0.15, 0.2) is 35.5 Å². The van der Waals surface area contributed by atoms with Crippen molar-refractivity contribution in [3.8, 4) is 0 Å².